The van der Waals surface area contributed by atoms with E-state index in [0.717, 1.165) is 0 Å². The molecular weight excluding hydrogens is 288 g/mol. The number of halogens is 1. The van der Waals surface area contributed by atoms with Gasteiger partial charge in [0.15, 0.2) is 5.41 Å². The molecule has 21 heavy (non-hydrogen) atoms. The molecule has 0 bridgehead atoms. The lowest BCUT2D eigenvalue weighted by Crippen LogP contribution is -2.26. The summed E-state index contributed by atoms with van der Waals surface area (Å²) >= 11 is 6.13. The third-order valence-electron chi connectivity index (χ3n) is 3.48. The number of nitrogens with zero attached hydrogens (tertiary/aromatic N) is 2. The summed E-state index contributed by atoms with van der Waals surface area (Å²) in [4.78, 5) is 12.3. The Bertz CT molecular complexity index is 650. The Morgan fingerprint density at radius 3 is 2.33 bits per heavy atom. The van der Waals surface area contributed by atoms with Gasteiger partial charge < -0.3 is 4.74 Å². The summed E-state index contributed by atoms with van der Waals surface area (Å²) in [6.45, 7) is 5.24. The maximum Gasteiger partial charge on any atom is 0.312 e. The van der Waals surface area contributed by atoms with Crippen LogP contribution in [0, 0.1) is 34.0 Å². The van der Waals surface area contributed by atoms with Crippen LogP contribution in [0.2, 0.25) is 5.02 Å². The highest BCUT2D eigenvalue weighted by Crippen LogP contribution is 2.65. The van der Waals surface area contributed by atoms with Gasteiger partial charge in [-0.2, -0.15) is 10.5 Å². The Labute approximate surface area is 128 Å². The first-order chi connectivity index (χ1) is 9.77. The topological polar surface area (TPSA) is 73.9 Å². The lowest BCUT2D eigenvalue weighted by Gasteiger charge is -2.19. The van der Waals surface area contributed by atoms with E-state index in [-0.39, 0.29) is 0 Å². The van der Waals surface area contributed by atoms with Crippen molar-refractivity contribution in [3.8, 4) is 12.1 Å². The fraction of sp³-hybridized carbons (Fsp3) is 0.438. The first-order valence-corrected chi connectivity index (χ1v) is 6.94. The van der Waals surface area contributed by atoms with Crippen LogP contribution in [-0.4, -0.2) is 11.6 Å². The highest BCUT2D eigenvalue weighted by atomic mass is 35.5. The average Bonchev–Trinajstić information content (AvgIpc) is 3.07. The maximum atomic E-state index is 12.3. The molecule has 108 valence electrons. The predicted octanol–water partition coefficient (Wildman–Crippen LogP) is 3.43. The van der Waals surface area contributed by atoms with Crippen LogP contribution in [0.25, 0.3) is 0 Å². The molecule has 2 rings (SSSR count). The summed E-state index contributed by atoms with van der Waals surface area (Å²) < 4.78 is 5.33. The van der Waals surface area contributed by atoms with E-state index in [0.29, 0.717) is 10.6 Å². The lowest BCUT2D eigenvalue weighted by atomic mass is 10.0. The van der Waals surface area contributed by atoms with E-state index < -0.39 is 28.8 Å². The van der Waals surface area contributed by atoms with E-state index in [2.05, 4.69) is 0 Å². The number of esters is 1. The van der Waals surface area contributed by atoms with Gasteiger partial charge in [0.05, 0.1) is 18.1 Å². The molecule has 0 spiro atoms. The fourth-order valence-electron chi connectivity index (χ4n) is 2.53. The van der Waals surface area contributed by atoms with Crippen LogP contribution in [0.4, 0.5) is 0 Å². The van der Waals surface area contributed by atoms with Crippen LogP contribution in [0.15, 0.2) is 24.3 Å². The molecule has 1 saturated carbocycles. The van der Waals surface area contributed by atoms with Crippen molar-refractivity contribution in [2.45, 2.75) is 32.3 Å². The Morgan fingerprint density at radius 2 is 1.86 bits per heavy atom. The molecule has 0 aromatic heterocycles. The molecule has 0 amide bonds. The zero-order valence-corrected chi connectivity index (χ0v) is 12.8. The molecule has 0 saturated heterocycles. The number of carbonyl (C=O) groups is 1. The Balaban J connectivity index is 2.38. The van der Waals surface area contributed by atoms with E-state index in [4.69, 9.17) is 16.3 Å². The second-order valence-electron chi connectivity index (χ2n) is 6.10. The Kier molecular flexibility index (Phi) is 3.70. The zero-order chi connectivity index (χ0) is 15.8. The highest BCUT2D eigenvalue weighted by Gasteiger charge is 2.72. The first-order valence-electron chi connectivity index (χ1n) is 6.56. The van der Waals surface area contributed by atoms with Gasteiger partial charge >= 0.3 is 5.97 Å². The largest absolute Gasteiger partial charge is 0.460 e. The van der Waals surface area contributed by atoms with E-state index in [1.165, 1.54) is 0 Å². The molecule has 0 heterocycles. The third kappa shape index (κ3) is 2.60. The van der Waals surface area contributed by atoms with Crippen molar-refractivity contribution >= 4 is 17.6 Å². The number of ether oxygens (including phenoxy) is 1. The number of hydrogen-bond acceptors (Lipinski definition) is 4. The number of carbonyl (C=O) groups excluding carboxylic acids is 1. The van der Waals surface area contributed by atoms with Gasteiger partial charge in [-0.1, -0.05) is 29.8 Å². The number of rotatable bonds is 2. The minimum atomic E-state index is -1.40. The molecule has 1 aliphatic carbocycles. The fourth-order valence-corrected chi connectivity index (χ4v) is 2.78. The SMILES string of the molecule is CC(C)(C)OC(=O)[C@H]1[C@H](c2ccccc2Cl)C1(C#N)C#N. The number of benzene rings is 1. The van der Waals surface area contributed by atoms with Crippen molar-refractivity contribution < 1.29 is 9.53 Å². The van der Waals surface area contributed by atoms with Gasteiger partial charge in [-0.05, 0) is 32.4 Å². The minimum Gasteiger partial charge on any atom is -0.460 e. The van der Waals surface area contributed by atoms with Crippen molar-refractivity contribution in [3.63, 3.8) is 0 Å². The molecule has 1 aliphatic rings. The smallest absolute Gasteiger partial charge is 0.312 e. The second-order valence-corrected chi connectivity index (χ2v) is 6.51. The van der Waals surface area contributed by atoms with Crippen molar-refractivity contribution in [1.29, 1.82) is 10.5 Å². The second kappa shape index (κ2) is 5.06. The molecule has 4 nitrogen and oxygen atoms in total. The summed E-state index contributed by atoms with van der Waals surface area (Å²) in [5, 5.41) is 19.2. The average molecular weight is 303 g/mol. The molecule has 0 radical (unpaired) electrons. The molecule has 1 fully saturated rings. The van der Waals surface area contributed by atoms with Gasteiger partial charge in [0.25, 0.3) is 0 Å². The normalized spacial score (nSPS) is 22.8. The summed E-state index contributed by atoms with van der Waals surface area (Å²) in [6.07, 6.45) is 0. The van der Waals surface area contributed by atoms with Crippen LogP contribution < -0.4 is 0 Å². The van der Waals surface area contributed by atoms with E-state index in [1.54, 1.807) is 45.0 Å². The molecule has 1 aromatic rings. The van der Waals surface area contributed by atoms with Gasteiger partial charge in [0, 0.05) is 10.9 Å². The first kappa shape index (κ1) is 15.4. The quantitative estimate of drug-likeness (QED) is 0.784. The van der Waals surface area contributed by atoms with Crippen LogP contribution >= 0.6 is 11.6 Å². The van der Waals surface area contributed by atoms with Crippen molar-refractivity contribution in [1.82, 2.24) is 0 Å². The van der Waals surface area contributed by atoms with Gasteiger partial charge in [0.1, 0.15) is 5.60 Å². The van der Waals surface area contributed by atoms with Crippen LogP contribution in [-0.2, 0) is 9.53 Å². The van der Waals surface area contributed by atoms with E-state index in [1.807, 2.05) is 12.1 Å². The van der Waals surface area contributed by atoms with E-state index >= 15 is 0 Å². The minimum absolute atomic E-state index is 0.448. The van der Waals surface area contributed by atoms with Crippen molar-refractivity contribution in [2.24, 2.45) is 11.3 Å². The number of hydrogen-bond donors (Lipinski definition) is 0. The van der Waals surface area contributed by atoms with Crippen LogP contribution in [0.3, 0.4) is 0 Å². The zero-order valence-electron chi connectivity index (χ0n) is 12.1. The number of nitriles is 2. The summed E-state index contributed by atoms with van der Waals surface area (Å²) in [5.74, 6) is -1.88. The lowest BCUT2D eigenvalue weighted by molar-refractivity contribution is -0.157. The summed E-state index contributed by atoms with van der Waals surface area (Å²) in [5.41, 5.74) is -1.42. The highest BCUT2D eigenvalue weighted by molar-refractivity contribution is 6.31. The summed E-state index contributed by atoms with van der Waals surface area (Å²) in [7, 11) is 0. The molecular formula is C16H15ClN2O2. The monoisotopic (exact) mass is 302 g/mol. The molecule has 0 unspecified atom stereocenters. The Hall–Kier alpha value is -2.04. The molecule has 5 heteroatoms. The Morgan fingerprint density at radius 1 is 1.29 bits per heavy atom. The van der Waals surface area contributed by atoms with Crippen LogP contribution in [0.1, 0.15) is 32.3 Å². The van der Waals surface area contributed by atoms with E-state index in [9.17, 15) is 15.3 Å². The van der Waals surface area contributed by atoms with Gasteiger partial charge in [-0.15, -0.1) is 0 Å². The van der Waals surface area contributed by atoms with Gasteiger partial charge in [0.2, 0.25) is 0 Å². The molecule has 2 atom stereocenters. The van der Waals surface area contributed by atoms with Gasteiger partial charge in [-0.3, -0.25) is 4.79 Å². The van der Waals surface area contributed by atoms with Gasteiger partial charge in [-0.25, -0.2) is 0 Å². The summed E-state index contributed by atoms with van der Waals surface area (Å²) in [6, 6.07) is 10.9. The van der Waals surface area contributed by atoms with Crippen molar-refractivity contribution in [3.05, 3.63) is 34.9 Å². The van der Waals surface area contributed by atoms with Crippen molar-refractivity contribution in [2.75, 3.05) is 0 Å². The third-order valence-corrected chi connectivity index (χ3v) is 3.82. The predicted molar refractivity (Wildman–Crippen MR) is 77.2 cm³/mol. The maximum absolute atomic E-state index is 12.3. The molecule has 0 aliphatic heterocycles. The standard InChI is InChI=1S/C16H15ClN2O2/c1-15(2,3)21-14(20)13-12(16(13,8-18)9-19)10-6-4-5-7-11(10)17/h4-7,12-13H,1-3H3/t12-,13+/m0/s1. The molecule has 0 N–H and O–H groups in total. The molecule has 1 aromatic carbocycles. The van der Waals surface area contributed by atoms with Crippen LogP contribution in [0.5, 0.6) is 0 Å².